The van der Waals surface area contributed by atoms with Gasteiger partial charge in [0, 0.05) is 62.3 Å². The lowest BCUT2D eigenvalue weighted by Crippen LogP contribution is -2.44. The fourth-order valence-electron chi connectivity index (χ4n) is 5.77. The molecule has 0 unspecified atom stereocenters. The molecule has 14 heteroatoms. The Balaban J connectivity index is 1.41. The van der Waals surface area contributed by atoms with E-state index >= 15 is 0 Å². The molecule has 52 heavy (non-hydrogen) atoms. The van der Waals surface area contributed by atoms with Gasteiger partial charge in [0.1, 0.15) is 17.3 Å². The highest BCUT2D eigenvalue weighted by atomic mass is 16.6. The second-order valence-electron chi connectivity index (χ2n) is 12.2. The van der Waals surface area contributed by atoms with Crippen molar-refractivity contribution in [3.05, 3.63) is 71.9 Å². The number of piperazine rings is 1. The number of benzene rings is 3. The van der Waals surface area contributed by atoms with Crippen molar-refractivity contribution in [1.29, 1.82) is 0 Å². The molecule has 2 heterocycles. The number of likely N-dealkylation sites (N-methyl/N-ethyl adjacent to an activating group) is 1. The third-order valence-electron chi connectivity index (χ3n) is 8.64. The summed E-state index contributed by atoms with van der Waals surface area (Å²) in [6, 6.07) is 15.9. The van der Waals surface area contributed by atoms with Gasteiger partial charge in [-0.05, 0) is 62.4 Å². The molecule has 1 aromatic heterocycles. The molecule has 14 nitrogen and oxygen atoms in total. The fraction of sp³-hybridized carbons (Fsp3) is 0.395. The highest BCUT2D eigenvalue weighted by Crippen LogP contribution is 2.41. The first-order valence-corrected chi connectivity index (χ1v) is 17.0. The SMILES string of the molecule is COc1ccc(OC)c(CN(C(=O)Oc2cc(C)ccc2OC)c2ccnc(Nc3cc(OC)c(OC)c(OCCCN4CCN(C)CC4)c3)n2)c1. The Morgan fingerprint density at radius 2 is 1.54 bits per heavy atom. The number of aromatic nitrogens is 2. The van der Waals surface area contributed by atoms with E-state index in [1.54, 1.807) is 77.1 Å². The van der Waals surface area contributed by atoms with Crippen molar-refractivity contribution < 1.29 is 38.0 Å². The number of amides is 1. The van der Waals surface area contributed by atoms with E-state index in [1.165, 1.54) is 12.0 Å². The van der Waals surface area contributed by atoms with Gasteiger partial charge in [-0.1, -0.05) is 6.07 Å². The maximum absolute atomic E-state index is 14.0. The Bertz CT molecular complexity index is 1800. The Kier molecular flexibility index (Phi) is 13.2. The summed E-state index contributed by atoms with van der Waals surface area (Å²) >= 11 is 0. The summed E-state index contributed by atoms with van der Waals surface area (Å²) in [5.74, 6) is 3.78. The summed E-state index contributed by atoms with van der Waals surface area (Å²) in [7, 11) is 9.94. The van der Waals surface area contributed by atoms with Gasteiger partial charge in [-0.2, -0.15) is 4.98 Å². The average Bonchev–Trinajstić information content (AvgIpc) is 3.16. The highest BCUT2D eigenvalue weighted by Gasteiger charge is 2.25. The number of methoxy groups -OCH3 is 5. The van der Waals surface area contributed by atoms with Crippen molar-refractivity contribution in [3.63, 3.8) is 0 Å². The zero-order valence-corrected chi connectivity index (χ0v) is 30.9. The molecule has 1 saturated heterocycles. The Morgan fingerprint density at radius 1 is 0.808 bits per heavy atom. The van der Waals surface area contributed by atoms with Crippen LogP contribution >= 0.6 is 0 Å². The summed E-state index contributed by atoms with van der Waals surface area (Å²) in [6.45, 7) is 7.62. The van der Waals surface area contributed by atoms with E-state index in [2.05, 4.69) is 27.1 Å². The number of carbonyl (C=O) groups is 1. The number of nitrogens with zero attached hydrogens (tertiary/aromatic N) is 5. The zero-order valence-electron chi connectivity index (χ0n) is 30.9. The second-order valence-corrected chi connectivity index (χ2v) is 12.2. The normalized spacial score (nSPS) is 13.2. The zero-order chi connectivity index (χ0) is 37.0. The van der Waals surface area contributed by atoms with E-state index in [0.29, 0.717) is 52.4 Å². The van der Waals surface area contributed by atoms with Crippen molar-refractivity contribution in [2.24, 2.45) is 0 Å². The number of hydrogen-bond donors (Lipinski definition) is 1. The molecule has 1 aliphatic heterocycles. The molecule has 0 atom stereocenters. The van der Waals surface area contributed by atoms with Gasteiger partial charge in [-0.15, -0.1) is 0 Å². The lowest BCUT2D eigenvalue weighted by Gasteiger charge is -2.32. The van der Waals surface area contributed by atoms with E-state index in [1.807, 2.05) is 19.1 Å². The maximum atomic E-state index is 14.0. The van der Waals surface area contributed by atoms with Crippen LogP contribution in [0.3, 0.4) is 0 Å². The van der Waals surface area contributed by atoms with Crippen LogP contribution in [-0.4, -0.2) is 108 Å². The Morgan fingerprint density at radius 3 is 2.25 bits per heavy atom. The molecular formula is C38H48N6O8. The van der Waals surface area contributed by atoms with Crippen LogP contribution in [0.15, 0.2) is 60.8 Å². The molecule has 1 N–H and O–H groups in total. The fourth-order valence-corrected chi connectivity index (χ4v) is 5.77. The van der Waals surface area contributed by atoms with Crippen LogP contribution in [-0.2, 0) is 6.54 Å². The van der Waals surface area contributed by atoms with Crippen molar-refractivity contribution in [1.82, 2.24) is 19.8 Å². The molecule has 0 saturated carbocycles. The van der Waals surface area contributed by atoms with Gasteiger partial charge in [0.15, 0.2) is 23.0 Å². The number of hydrogen-bond acceptors (Lipinski definition) is 13. The van der Waals surface area contributed by atoms with Gasteiger partial charge in [0.25, 0.3) is 0 Å². The summed E-state index contributed by atoms with van der Waals surface area (Å²) < 4.78 is 40.0. The van der Waals surface area contributed by atoms with Crippen LogP contribution in [0.25, 0.3) is 0 Å². The lowest BCUT2D eigenvalue weighted by molar-refractivity contribution is 0.145. The van der Waals surface area contributed by atoms with Gasteiger partial charge < -0.3 is 48.3 Å². The smallest absolute Gasteiger partial charge is 0.421 e. The number of nitrogens with one attached hydrogen (secondary N) is 1. The van der Waals surface area contributed by atoms with Crippen LogP contribution in [0.5, 0.6) is 40.2 Å². The van der Waals surface area contributed by atoms with Crippen molar-refractivity contribution >= 4 is 23.5 Å². The van der Waals surface area contributed by atoms with Crippen molar-refractivity contribution in [2.75, 3.05) is 92.1 Å². The minimum absolute atomic E-state index is 0.0340. The van der Waals surface area contributed by atoms with Gasteiger partial charge >= 0.3 is 6.09 Å². The summed E-state index contributed by atoms with van der Waals surface area (Å²) in [5, 5.41) is 3.24. The topological polar surface area (TPSA) is 129 Å². The largest absolute Gasteiger partial charge is 0.497 e. The number of ether oxygens (including phenoxy) is 7. The Hall–Kier alpha value is -5.47. The molecule has 0 spiro atoms. The predicted molar refractivity (Wildman–Crippen MR) is 198 cm³/mol. The first-order chi connectivity index (χ1) is 25.2. The first-order valence-electron chi connectivity index (χ1n) is 17.0. The van der Waals surface area contributed by atoms with Crippen molar-refractivity contribution in [2.45, 2.75) is 19.9 Å². The molecule has 1 aliphatic rings. The minimum atomic E-state index is -0.697. The summed E-state index contributed by atoms with van der Waals surface area (Å²) in [5.41, 5.74) is 2.15. The summed E-state index contributed by atoms with van der Waals surface area (Å²) in [6.07, 6.45) is 1.71. The van der Waals surface area contributed by atoms with E-state index in [9.17, 15) is 4.79 Å². The first kappa shape index (κ1) is 37.8. The number of anilines is 3. The van der Waals surface area contributed by atoms with Gasteiger partial charge in [0.2, 0.25) is 11.7 Å². The molecule has 0 radical (unpaired) electrons. The van der Waals surface area contributed by atoms with Crippen LogP contribution < -0.4 is 43.4 Å². The Labute approximate surface area is 305 Å². The molecular weight excluding hydrogens is 668 g/mol. The van der Waals surface area contributed by atoms with Gasteiger partial charge in [-0.25, -0.2) is 9.78 Å². The molecule has 0 bridgehead atoms. The number of aryl methyl sites for hydroxylation is 1. The van der Waals surface area contributed by atoms with Crippen LogP contribution in [0.4, 0.5) is 22.2 Å². The number of rotatable bonds is 16. The predicted octanol–water partition coefficient (Wildman–Crippen LogP) is 5.79. The number of carbonyl (C=O) groups excluding carboxylic acids is 1. The standard InChI is InChI=1S/C38H48N6O8/c1-26-9-11-31(48-5)32(21-26)52-38(45)44(25-27-22-29(46-3)10-12-30(27)47-4)35-13-14-39-37(41-35)40-28-23-33(49-6)36(50-7)34(24-28)51-20-8-15-43-18-16-42(2)17-19-43/h9-14,21-24H,8,15-20,25H2,1-7H3,(H,39,40,41). The molecule has 3 aromatic carbocycles. The van der Waals surface area contributed by atoms with Crippen molar-refractivity contribution in [3.8, 4) is 40.2 Å². The highest BCUT2D eigenvalue weighted by molar-refractivity contribution is 5.88. The lowest BCUT2D eigenvalue weighted by atomic mass is 10.1. The van der Waals surface area contributed by atoms with E-state index in [0.717, 1.165) is 44.7 Å². The molecule has 0 aliphatic carbocycles. The minimum Gasteiger partial charge on any atom is -0.497 e. The van der Waals surface area contributed by atoms with Crippen LogP contribution in [0, 0.1) is 6.92 Å². The van der Waals surface area contributed by atoms with E-state index in [4.69, 9.17) is 38.1 Å². The third kappa shape index (κ3) is 9.65. The molecule has 5 rings (SSSR count). The van der Waals surface area contributed by atoms with Gasteiger partial charge in [-0.3, -0.25) is 4.90 Å². The molecule has 278 valence electrons. The van der Waals surface area contributed by atoms with E-state index in [-0.39, 0.29) is 24.1 Å². The van der Waals surface area contributed by atoms with Crippen LogP contribution in [0.1, 0.15) is 17.5 Å². The van der Waals surface area contributed by atoms with E-state index < -0.39 is 6.09 Å². The molecule has 1 amide bonds. The quantitative estimate of drug-likeness (QED) is 0.141. The second kappa shape index (κ2) is 18.1. The van der Waals surface area contributed by atoms with Crippen LogP contribution in [0.2, 0.25) is 0 Å². The monoisotopic (exact) mass is 716 g/mol. The summed E-state index contributed by atoms with van der Waals surface area (Å²) in [4.78, 5) is 29.3. The average molecular weight is 717 g/mol. The maximum Gasteiger partial charge on any atom is 0.421 e. The molecule has 1 fully saturated rings. The third-order valence-corrected chi connectivity index (χ3v) is 8.64. The van der Waals surface area contributed by atoms with Gasteiger partial charge in [0.05, 0.1) is 48.7 Å². The molecule has 4 aromatic rings.